The van der Waals surface area contributed by atoms with Crippen LogP contribution in [0.3, 0.4) is 0 Å². The first-order chi connectivity index (χ1) is 46.0. The Labute approximate surface area is 558 Å². The van der Waals surface area contributed by atoms with Gasteiger partial charge in [-0.05, 0) is 48.4 Å². The summed E-state index contributed by atoms with van der Waals surface area (Å²) in [5.74, 6) is -0.352. The molecule has 7 unspecified atom stereocenters. The maximum Gasteiger partial charge on any atom is 0.472 e. The molecule has 532 valence electrons. The second-order valence-electron chi connectivity index (χ2n) is 23.2. The van der Waals surface area contributed by atoms with Crippen LogP contribution in [0, 0.1) is 0 Å². The molecule has 11 N–H and O–H groups in total. The third-order valence-corrected chi connectivity index (χ3v) is 24.6. The SMILES string of the molecule is CCCCCCCCCCCCCC(=O)OCCSP(=O)(O)OC[C@H]1O[C@@H](n2cnc3c(N)ncnc32)[C@@H](OP(=O)(O)OC[C@H]2O[C@@H](n3cnc4c(N)ncnc43)[C@@H](OP(=O)(O)OC[C@]34CCCOC3[C@H](OP(=O)(O)SCCC)[C@H](n3cnc5c(N)ncnc53)O4)C2O)C1OC. The largest absolute Gasteiger partial charge is 0.472 e. The van der Waals surface area contributed by atoms with Gasteiger partial charge < -0.3 is 70.3 Å². The monoisotopic (exact) mass is 1470 g/mol. The molecule has 96 heavy (non-hydrogen) atoms. The number of rotatable bonds is 38. The maximum atomic E-state index is 14.5. The van der Waals surface area contributed by atoms with Crippen LogP contribution in [0.15, 0.2) is 38.0 Å². The minimum atomic E-state index is -5.47. The molecule has 0 radical (unpaired) electrons. The summed E-state index contributed by atoms with van der Waals surface area (Å²) in [6.45, 7) is -7.43. The molecular formula is C53H81N15O22P4S2. The summed E-state index contributed by atoms with van der Waals surface area (Å²) < 4.78 is 131. The van der Waals surface area contributed by atoms with Crippen LogP contribution in [-0.2, 0) is 78.6 Å². The summed E-state index contributed by atoms with van der Waals surface area (Å²) in [4.78, 5) is 95.4. The number of aromatic nitrogens is 12. The fourth-order valence-corrected chi connectivity index (χ4v) is 18.6. The molecule has 10 heterocycles. The van der Waals surface area contributed by atoms with E-state index in [9.17, 15) is 47.7 Å². The van der Waals surface area contributed by atoms with E-state index < -0.39 is 128 Å². The molecular weight excluding hydrogens is 1390 g/mol. The standard InChI is InChI=1S/C53H81N15O22P4S2/c1-4-6-7-8-9-10-11-12-13-14-15-17-34(69)80-20-22-96-93(75,76)83-24-33-39(79-3)41(51(86-33)67-30-64-36-45(55)58-27-61-48(36)67)89-91(71,72)82-23-32-38(70)40(50(85-32)66-29-63-35-44(54)57-26-60-47(35)66)88-92(73,74)84-25-53-18-16-19-81-43(53)42(90-94(77,78)95-21-5-2)52(87-53)68-31-65-37-46(56)59-28-62-49(37)68/h26-33,38-43,50-52,70H,4-25H2,1-3H3,(H,71,72)(H,73,74)(H,75,76)(H,77,78)(H2,54,57,60)(H2,55,58,61)(H2,56,59,62)/t32-,33-,38?,39?,40+,41+,42+,43?,50-,51-,52-,53-/m1/s1. The molecule has 37 nitrogen and oxygen atoms in total. The van der Waals surface area contributed by atoms with Crippen molar-refractivity contribution in [1.82, 2.24) is 58.6 Å². The predicted octanol–water partition coefficient (Wildman–Crippen LogP) is 6.60. The number of phosphoric acid groups is 2. The van der Waals surface area contributed by atoms with Gasteiger partial charge in [-0.25, -0.2) is 63.1 Å². The van der Waals surface area contributed by atoms with Gasteiger partial charge in [0, 0.05) is 31.6 Å². The molecule has 6 aromatic rings. The van der Waals surface area contributed by atoms with E-state index in [4.69, 9.17) is 72.8 Å². The number of hydrogen-bond donors (Lipinski definition) is 8. The number of fused-ring (bicyclic) bond motifs is 4. The number of nitrogen functional groups attached to an aromatic ring is 3. The van der Waals surface area contributed by atoms with E-state index in [2.05, 4.69) is 51.8 Å². The van der Waals surface area contributed by atoms with Crippen LogP contribution in [0.2, 0.25) is 0 Å². The van der Waals surface area contributed by atoms with Crippen LogP contribution in [0.1, 0.15) is 129 Å². The lowest BCUT2D eigenvalue weighted by atomic mass is 9.89. The number of aliphatic hydroxyl groups is 1. The lowest BCUT2D eigenvalue weighted by Gasteiger charge is -2.38. The average Bonchev–Trinajstić information content (AvgIpc) is 1.58. The molecule has 4 saturated heterocycles. The van der Waals surface area contributed by atoms with Crippen LogP contribution < -0.4 is 17.2 Å². The Bertz CT molecular complexity index is 3790. The summed E-state index contributed by atoms with van der Waals surface area (Å²) in [7, 11) is -9.70. The Morgan fingerprint density at radius 3 is 1.69 bits per heavy atom. The number of methoxy groups -OCH3 is 1. The van der Waals surface area contributed by atoms with Gasteiger partial charge in [0.25, 0.3) is 0 Å². The molecule has 16 atom stereocenters. The molecule has 4 aliphatic rings. The zero-order chi connectivity index (χ0) is 68.4. The number of anilines is 3. The Morgan fingerprint density at radius 2 is 1.11 bits per heavy atom. The van der Waals surface area contributed by atoms with Gasteiger partial charge in [-0.15, -0.1) is 0 Å². The van der Waals surface area contributed by atoms with Gasteiger partial charge in [0.05, 0.1) is 38.8 Å². The molecule has 0 saturated carbocycles. The summed E-state index contributed by atoms with van der Waals surface area (Å²) in [5.41, 5.74) is 17.2. The van der Waals surface area contributed by atoms with Crippen LogP contribution in [0.4, 0.5) is 17.5 Å². The molecule has 0 spiro atoms. The molecule has 0 aromatic carbocycles. The van der Waals surface area contributed by atoms with Gasteiger partial charge in [-0.3, -0.25) is 45.6 Å². The van der Waals surface area contributed by atoms with Crippen LogP contribution in [0.5, 0.6) is 0 Å². The highest BCUT2D eigenvalue weighted by atomic mass is 32.7. The van der Waals surface area contributed by atoms with Gasteiger partial charge in [-0.1, -0.05) is 78.1 Å². The fourth-order valence-electron chi connectivity index (χ4n) is 11.8. The molecule has 0 amide bonds. The van der Waals surface area contributed by atoms with Crippen LogP contribution in [-0.4, -0.2) is 195 Å². The van der Waals surface area contributed by atoms with Crippen molar-refractivity contribution in [3.05, 3.63) is 38.0 Å². The van der Waals surface area contributed by atoms with E-state index in [0.717, 1.165) is 31.9 Å². The fraction of sp³-hybridized carbons (Fsp3) is 0.698. The number of nitrogens with two attached hydrogens (primary N) is 3. The first-order valence-corrected chi connectivity index (χ1v) is 40.6. The number of aliphatic hydroxyl groups excluding tert-OH is 1. The molecule has 6 aromatic heterocycles. The second-order valence-corrected chi connectivity index (χ2v) is 34.0. The van der Waals surface area contributed by atoms with Crippen molar-refractivity contribution in [2.45, 2.75) is 183 Å². The van der Waals surface area contributed by atoms with E-state index in [-0.39, 0.29) is 88.5 Å². The highest BCUT2D eigenvalue weighted by molar-refractivity contribution is 8.55. The molecule has 4 aliphatic heterocycles. The Kier molecular flexibility index (Phi) is 25.4. The van der Waals surface area contributed by atoms with Crippen LogP contribution >= 0.6 is 52.0 Å². The summed E-state index contributed by atoms with van der Waals surface area (Å²) in [5, 5.41) is 12.1. The Morgan fingerprint density at radius 1 is 0.604 bits per heavy atom. The van der Waals surface area contributed by atoms with E-state index in [0.29, 0.717) is 42.0 Å². The molecule has 0 bridgehead atoms. The average molecular weight is 1470 g/mol. The van der Waals surface area contributed by atoms with Gasteiger partial charge in [0.2, 0.25) is 0 Å². The second kappa shape index (κ2) is 32.9. The number of esters is 1. The number of carbonyl (C=O) groups excluding carboxylic acids is 1. The van der Waals surface area contributed by atoms with Crippen molar-refractivity contribution in [2.75, 3.05) is 68.9 Å². The smallest absolute Gasteiger partial charge is 0.465 e. The van der Waals surface area contributed by atoms with E-state index in [1.165, 1.54) is 91.1 Å². The quantitative estimate of drug-likeness (QED) is 0.0115. The number of hydrogen-bond acceptors (Lipinski definition) is 32. The number of unbranched alkanes of at least 4 members (excludes halogenated alkanes) is 10. The summed E-state index contributed by atoms with van der Waals surface area (Å²) in [6, 6.07) is 0. The first-order valence-electron chi connectivity index (χ1n) is 31.3. The van der Waals surface area contributed by atoms with E-state index in [1.807, 2.05) is 6.92 Å². The number of imidazole rings is 3. The van der Waals surface area contributed by atoms with Gasteiger partial charge >= 0.3 is 35.2 Å². The van der Waals surface area contributed by atoms with Crippen LogP contribution in [0.25, 0.3) is 33.5 Å². The number of carbonyl (C=O) groups is 1. The highest BCUT2D eigenvalue weighted by Crippen LogP contribution is 2.62. The first kappa shape index (κ1) is 74.2. The zero-order valence-electron chi connectivity index (χ0n) is 52.8. The highest BCUT2D eigenvalue weighted by Gasteiger charge is 2.62. The van der Waals surface area contributed by atoms with Crippen molar-refractivity contribution in [3.8, 4) is 0 Å². The van der Waals surface area contributed by atoms with Crippen molar-refractivity contribution in [2.24, 2.45) is 0 Å². The third kappa shape index (κ3) is 18.0. The van der Waals surface area contributed by atoms with Crippen molar-refractivity contribution in [3.63, 3.8) is 0 Å². The lowest BCUT2D eigenvalue weighted by Crippen LogP contribution is -2.51. The van der Waals surface area contributed by atoms with E-state index in [1.54, 1.807) is 0 Å². The number of phosphoric ester groups is 2. The zero-order valence-corrected chi connectivity index (χ0v) is 58.0. The minimum Gasteiger partial charge on any atom is -0.465 e. The summed E-state index contributed by atoms with van der Waals surface area (Å²) >= 11 is 1.19. The van der Waals surface area contributed by atoms with Gasteiger partial charge in [-0.2, -0.15) is 0 Å². The minimum absolute atomic E-state index is 0.00749. The van der Waals surface area contributed by atoms with Gasteiger partial charge in [0.1, 0.15) is 96.6 Å². The Hall–Kier alpha value is -4.50. The van der Waals surface area contributed by atoms with Crippen molar-refractivity contribution < 1.29 is 103 Å². The number of nitrogens with zero attached hydrogens (tertiary/aromatic N) is 12. The predicted molar refractivity (Wildman–Crippen MR) is 345 cm³/mol. The number of ether oxygens (including phenoxy) is 6. The topological polar surface area (TPSA) is 506 Å². The third-order valence-electron chi connectivity index (χ3n) is 16.4. The summed E-state index contributed by atoms with van der Waals surface area (Å²) in [6.07, 6.45) is 3.50. The molecule has 4 fully saturated rings. The normalized spacial score (nSPS) is 27.8. The molecule has 0 aliphatic carbocycles. The van der Waals surface area contributed by atoms with E-state index >= 15 is 0 Å². The maximum absolute atomic E-state index is 14.5. The van der Waals surface area contributed by atoms with Crippen molar-refractivity contribution >= 4 is 109 Å². The molecule has 10 rings (SSSR count). The van der Waals surface area contributed by atoms with Crippen molar-refractivity contribution in [1.29, 1.82) is 0 Å². The van der Waals surface area contributed by atoms with Gasteiger partial charge in [0.15, 0.2) is 53.1 Å². The Balaban J connectivity index is 0.808. The lowest BCUT2D eigenvalue weighted by molar-refractivity contribution is -0.165. The molecule has 43 heteroatoms.